The van der Waals surface area contributed by atoms with Crippen LogP contribution in [-0.2, 0) is 0 Å². The van der Waals surface area contributed by atoms with Gasteiger partial charge in [-0.05, 0) is 19.0 Å². The van der Waals surface area contributed by atoms with E-state index >= 15 is 0 Å². The predicted octanol–water partition coefficient (Wildman–Crippen LogP) is 1.39. The van der Waals surface area contributed by atoms with Gasteiger partial charge in [-0.2, -0.15) is 0 Å². The SMILES string of the molecule is O=[N+]([O-])c1cccc(N2CCCNCC2)c1. The Morgan fingerprint density at radius 3 is 3.00 bits per heavy atom. The van der Waals surface area contributed by atoms with Gasteiger partial charge in [0, 0.05) is 37.5 Å². The number of non-ortho nitro benzene ring substituents is 1. The number of nitrogens with zero attached hydrogens (tertiary/aromatic N) is 2. The molecule has 0 aromatic heterocycles. The molecule has 0 atom stereocenters. The molecule has 1 aromatic carbocycles. The summed E-state index contributed by atoms with van der Waals surface area (Å²) in [5.74, 6) is 0. The minimum Gasteiger partial charge on any atom is -0.370 e. The first-order chi connectivity index (χ1) is 7.77. The van der Waals surface area contributed by atoms with Crippen molar-refractivity contribution < 1.29 is 4.92 Å². The molecule has 2 rings (SSSR count). The van der Waals surface area contributed by atoms with Crippen LogP contribution in [0.25, 0.3) is 0 Å². The molecule has 5 nitrogen and oxygen atoms in total. The summed E-state index contributed by atoms with van der Waals surface area (Å²) in [5.41, 5.74) is 1.10. The van der Waals surface area contributed by atoms with Crippen molar-refractivity contribution in [2.24, 2.45) is 0 Å². The molecule has 16 heavy (non-hydrogen) atoms. The van der Waals surface area contributed by atoms with E-state index in [0.717, 1.165) is 38.3 Å². The first-order valence-corrected chi connectivity index (χ1v) is 5.47. The molecular weight excluding hydrogens is 206 g/mol. The highest BCUT2D eigenvalue weighted by molar-refractivity contribution is 5.53. The lowest BCUT2D eigenvalue weighted by Crippen LogP contribution is -2.27. The van der Waals surface area contributed by atoms with Crippen molar-refractivity contribution in [3.63, 3.8) is 0 Å². The first kappa shape index (κ1) is 10.9. The average Bonchev–Trinajstić information content (AvgIpc) is 2.57. The predicted molar refractivity (Wildman–Crippen MR) is 62.8 cm³/mol. The second-order valence-electron chi connectivity index (χ2n) is 3.87. The number of hydrogen-bond donors (Lipinski definition) is 1. The smallest absolute Gasteiger partial charge is 0.271 e. The third-order valence-electron chi connectivity index (χ3n) is 2.75. The lowest BCUT2D eigenvalue weighted by molar-refractivity contribution is -0.384. The standard InChI is InChI=1S/C11H15N3O2/c15-14(16)11-4-1-3-10(9-11)13-7-2-5-12-6-8-13/h1,3-4,9,12H,2,5-8H2. The van der Waals surface area contributed by atoms with E-state index < -0.39 is 0 Å². The summed E-state index contributed by atoms with van der Waals surface area (Å²) in [6, 6.07) is 6.84. The average molecular weight is 221 g/mol. The van der Waals surface area contributed by atoms with Crippen molar-refractivity contribution in [1.29, 1.82) is 0 Å². The van der Waals surface area contributed by atoms with E-state index in [1.54, 1.807) is 12.1 Å². The number of benzene rings is 1. The second kappa shape index (κ2) is 4.94. The molecule has 1 aliphatic heterocycles. The Bertz CT molecular complexity index is 373. The van der Waals surface area contributed by atoms with Crippen LogP contribution in [-0.4, -0.2) is 31.1 Å². The summed E-state index contributed by atoms with van der Waals surface area (Å²) < 4.78 is 0. The van der Waals surface area contributed by atoms with E-state index in [0.29, 0.717) is 0 Å². The fraction of sp³-hybridized carbons (Fsp3) is 0.455. The van der Waals surface area contributed by atoms with Gasteiger partial charge in [0.1, 0.15) is 0 Å². The normalized spacial score (nSPS) is 16.9. The monoisotopic (exact) mass is 221 g/mol. The number of anilines is 1. The maximum absolute atomic E-state index is 10.7. The van der Waals surface area contributed by atoms with Crippen molar-refractivity contribution in [2.75, 3.05) is 31.1 Å². The topological polar surface area (TPSA) is 58.4 Å². The molecule has 0 saturated carbocycles. The molecule has 0 unspecified atom stereocenters. The largest absolute Gasteiger partial charge is 0.370 e. The Morgan fingerprint density at radius 2 is 2.19 bits per heavy atom. The maximum atomic E-state index is 10.7. The van der Waals surface area contributed by atoms with Crippen LogP contribution in [0, 0.1) is 10.1 Å². The van der Waals surface area contributed by atoms with E-state index in [4.69, 9.17) is 0 Å². The van der Waals surface area contributed by atoms with Crippen molar-refractivity contribution in [3.05, 3.63) is 34.4 Å². The fourth-order valence-corrected chi connectivity index (χ4v) is 1.91. The number of nitrogens with one attached hydrogen (secondary N) is 1. The second-order valence-corrected chi connectivity index (χ2v) is 3.87. The molecule has 1 N–H and O–H groups in total. The third kappa shape index (κ3) is 2.49. The fourth-order valence-electron chi connectivity index (χ4n) is 1.91. The van der Waals surface area contributed by atoms with Gasteiger partial charge in [0.25, 0.3) is 5.69 Å². The van der Waals surface area contributed by atoms with Crippen molar-refractivity contribution in [2.45, 2.75) is 6.42 Å². The summed E-state index contributed by atoms with van der Waals surface area (Å²) in [6.45, 7) is 3.81. The number of nitro groups is 1. The van der Waals surface area contributed by atoms with Crippen molar-refractivity contribution in [1.82, 2.24) is 5.32 Å². The Labute approximate surface area is 94.2 Å². The van der Waals surface area contributed by atoms with Crippen LogP contribution in [0.1, 0.15) is 6.42 Å². The molecular formula is C11H15N3O2. The minimum atomic E-state index is -0.348. The van der Waals surface area contributed by atoms with Crippen LogP contribution in [0.5, 0.6) is 0 Å². The molecule has 0 amide bonds. The van der Waals surface area contributed by atoms with Crippen molar-refractivity contribution >= 4 is 11.4 Å². The van der Waals surface area contributed by atoms with Crippen LogP contribution < -0.4 is 10.2 Å². The van der Waals surface area contributed by atoms with Gasteiger partial charge < -0.3 is 10.2 Å². The molecule has 0 radical (unpaired) electrons. The van der Waals surface area contributed by atoms with Gasteiger partial charge in [0.05, 0.1) is 4.92 Å². The molecule has 0 bridgehead atoms. The van der Waals surface area contributed by atoms with Crippen LogP contribution in [0.15, 0.2) is 24.3 Å². The summed E-state index contributed by atoms with van der Waals surface area (Å²) in [7, 11) is 0. The molecule has 1 aliphatic rings. The summed E-state index contributed by atoms with van der Waals surface area (Å²) in [5, 5.41) is 14.0. The Hall–Kier alpha value is -1.62. The van der Waals surface area contributed by atoms with Gasteiger partial charge in [0.15, 0.2) is 0 Å². The lowest BCUT2D eigenvalue weighted by Gasteiger charge is -2.21. The van der Waals surface area contributed by atoms with Crippen molar-refractivity contribution in [3.8, 4) is 0 Å². The number of rotatable bonds is 2. The summed E-state index contributed by atoms with van der Waals surface area (Å²) in [4.78, 5) is 12.5. The minimum absolute atomic E-state index is 0.162. The van der Waals surface area contributed by atoms with Gasteiger partial charge in [0.2, 0.25) is 0 Å². The summed E-state index contributed by atoms with van der Waals surface area (Å²) >= 11 is 0. The van der Waals surface area contributed by atoms with E-state index in [2.05, 4.69) is 10.2 Å². The van der Waals surface area contributed by atoms with Gasteiger partial charge in [-0.25, -0.2) is 0 Å². The molecule has 0 aliphatic carbocycles. The van der Waals surface area contributed by atoms with Gasteiger partial charge in [-0.1, -0.05) is 6.07 Å². The molecule has 1 aromatic rings. The molecule has 5 heteroatoms. The van der Waals surface area contributed by atoms with Crippen LogP contribution in [0.4, 0.5) is 11.4 Å². The third-order valence-corrected chi connectivity index (χ3v) is 2.75. The molecule has 0 spiro atoms. The molecule has 1 saturated heterocycles. The zero-order chi connectivity index (χ0) is 11.4. The Kier molecular flexibility index (Phi) is 3.36. The first-order valence-electron chi connectivity index (χ1n) is 5.47. The molecule has 1 fully saturated rings. The van der Waals surface area contributed by atoms with Gasteiger partial charge >= 0.3 is 0 Å². The zero-order valence-corrected chi connectivity index (χ0v) is 9.06. The Balaban J connectivity index is 2.18. The zero-order valence-electron chi connectivity index (χ0n) is 9.06. The summed E-state index contributed by atoms with van der Waals surface area (Å²) in [6.07, 6.45) is 1.07. The highest BCUT2D eigenvalue weighted by atomic mass is 16.6. The maximum Gasteiger partial charge on any atom is 0.271 e. The van der Waals surface area contributed by atoms with E-state index in [-0.39, 0.29) is 10.6 Å². The van der Waals surface area contributed by atoms with E-state index in [9.17, 15) is 10.1 Å². The highest BCUT2D eigenvalue weighted by Crippen LogP contribution is 2.21. The molecule has 86 valence electrons. The van der Waals surface area contributed by atoms with E-state index in [1.165, 1.54) is 6.07 Å². The lowest BCUT2D eigenvalue weighted by atomic mass is 10.2. The van der Waals surface area contributed by atoms with Gasteiger partial charge in [-0.3, -0.25) is 10.1 Å². The van der Waals surface area contributed by atoms with E-state index in [1.807, 2.05) is 6.07 Å². The highest BCUT2D eigenvalue weighted by Gasteiger charge is 2.12. The van der Waals surface area contributed by atoms with Gasteiger partial charge in [-0.15, -0.1) is 0 Å². The Morgan fingerprint density at radius 1 is 1.31 bits per heavy atom. The number of hydrogen-bond acceptors (Lipinski definition) is 4. The number of nitro benzene ring substituents is 1. The van der Waals surface area contributed by atoms with Crippen LogP contribution >= 0.6 is 0 Å². The quantitative estimate of drug-likeness (QED) is 0.605. The molecule has 1 heterocycles. The van der Waals surface area contributed by atoms with Crippen LogP contribution in [0.2, 0.25) is 0 Å². The van der Waals surface area contributed by atoms with Crippen LogP contribution in [0.3, 0.4) is 0 Å².